The molecule has 2 rings (SSSR count). The highest BCUT2D eigenvalue weighted by Gasteiger charge is 2.34. The zero-order valence-electron chi connectivity index (χ0n) is 8.59. The van der Waals surface area contributed by atoms with Crippen LogP contribution in [0.25, 0.3) is 0 Å². The molecule has 1 aliphatic rings. The van der Waals surface area contributed by atoms with Gasteiger partial charge in [0.1, 0.15) is 0 Å². The number of alkyl halides is 1. The number of thioether (sulfide) groups is 1. The van der Waals surface area contributed by atoms with E-state index in [1.165, 1.54) is 28.2 Å². The summed E-state index contributed by atoms with van der Waals surface area (Å²) in [5, 5.41) is 0. The molecule has 2 atom stereocenters. The summed E-state index contributed by atoms with van der Waals surface area (Å²) in [7, 11) is 0. The van der Waals surface area contributed by atoms with Gasteiger partial charge in [-0.2, -0.15) is 0 Å². The minimum atomic E-state index is 0.949. The van der Waals surface area contributed by atoms with Crippen LogP contribution in [0.5, 0.6) is 0 Å². The molecule has 0 aliphatic heterocycles. The molecule has 0 unspecified atom stereocenters. The van der Waals surface area contributed by atoms with Crippen molar-refractivity contribution in [1.29, 1.82) is 0 Å². The van der Waals surface area contributed by atoms with Crippen LogP contribution in [0.1, 0.15) is 17.5 Å². The summed E-state index contributed by atoms with van der Waals surface area (Å²) < 4.78 is 0.949. The van der Waals surface area contributed by atoms with Gasteiger partial charge in [-0.3, -0.25) is 0 Å². The summed E-state index contributed by atoms with van der Waals surface area (Å²) in [6.07, 6.45) is 1.43. The van der Waals surface area contributed by atoms with Gasteiger partial charge >= 0.3 is 0 Å². The minimum absolute atomic E-state index is 0.949. The van der Waals surface area contributed by atoms with Crippen LogP contribution in [0.3, 0.4) is 0 Å². The van der Waals surface area contributed by atoms with Gasteiger partial charge < -0.3 is 0 Å². The summed E-state index contributed by atoms with van der Waals surface area (Å²) >= 11 is 4.61. The standard InChI is InChI=1S/C12H15IS/c1-8-4-3-5-9(2)12(8)14-7-10-6-11(10)13/h3-5,10-11H,6-7H2,1-2H3/t10-,11-/m1/s1. The van der Waals surface area contributed by atoms with Crippen LogP contribution in [0.15, 0.2) is 23.1 Å². The van der Waals surface area contributed by atoms with Crippen molar-refractivity contribution in [3.8, 4) is 0 Å². The predicted molar refractivity (Wildman–Crippen MR) is 72.6 cm³/mol. The molecule has 0 amide bonds. The van der Waals surface area contributed by atoms with Crippen molar-refractivity contribution in [2.75, 3.05) is 5.75 Å². The van der Waals surface area contributed by atoms with E-state index < -0.39 is 0 Å². The van der Waals surface area contributed by atoms with Crippen LogP contribution in [-0.2, 0) is 0 Å². The maximum atomic E-state index is 2.56. The van der Waals surface area contributed by atoms with Crippen molar-refractivity contribution in [2.45, 2.75) is 29.1 Å². The Kier molecular flexibility index (Phi) is 3.42. The first kappa shape index (κ1) is 10.8. The number of rotatable bonds is 3. The van der Waals surface area contributed by atoms with Gasteiger partial charge in [0.15, 0.2) is 0 Å². The molecule has 2 heteroatoms. The number of hydrogen-bond donors (Lipinski definition) is 0. The zero-order valence-corrected chi connectivity index (χ0v) is 11.6. The summed E-state index contributed by atoms with van der Waals surface area (Å²) in [5.41, 5.74) is 2.86. The lowest BCUT2D eigenvalue weighted by Gasteiger charge is -2.08. The summed E-state index contributed by atoms with van der Waals surface area (Å²) in [6.45, 7) is 4.42. The SMILES string of the molecule is Cc1cccc(C)c1SC[C@H]1C[C@H]1I. The topological polar surface area (TPSA) is 0 Å². The monoisotopic (exact) mass is 318 g/mol. The Morgan fingerprint density at radius 2 is 1.93 bits per heavy atom. The Labute approximate surface area is 104 Å². The van der Waals surface area contributed by atoms with Crippen LogP contribution >= 0.6 is 34.4 Å². The first-order valence-corrected chi connectivity index (χ1v) is 7.24. The van der Waals surface area contributed by atoms with Gasteiger partial charge in [0.05, 0.1) is 0 Å². The van der Waals surface area contributed by atoms with Crippen molar-refractivity contribution in [1.82, 2.24) is 0 Å². The van der Waals surface area contributed by atoms with E-state index in [0.29, 0.717) is 0 Å². The molecule has 0 heterocycles. The molecule has 1 aromatic rings. The minimum Gasteiger partial charge on any atom is -0.125 e. The number of halogens is 1. The van der Waals surface area contributed by atoms with E-state index in [1.54, 1.807) is 0 Å². The molecule has 1 fully saturated rings. The lowest BCUT2D eigenvalue weighted by Crippen LogP contribution is -1.89. The van der Waals surface area contributed by atoms with Crippen LogP contribution in [0.2, 0.25) is 0 Å². The Morgan fingerprint density at radius 3 is 2.43 bits per heavy atom. The Balaban J connectivity index is 2.01. The molecule has 1 aromatic carbocycles. The smallest absolute Gasteiger partial charge is 0.0149 e. The molecular weight excluding hydrogens is 303 g/mol. The third-order valence-corrected chi connectivity index (χ3v) is 5.74. The second kappa shape index (κ2) is 4.44. The fourth-order valence-electron chi connectivity index (χ4n) is 1.60. The molecule has 1 saturated carbocycles. The third-order valence-electron chi connectivity index (χ3n) is 2.69. The average molecular weight is 318 g/mol. The number of benzene rings is 1. The Bertz CT molecular complexity index is 315. The summed E-state index contributed by atoms with van der Waals surface area (Å²) in [4.78, 5) is 1.50. The van der Waals surface area contributed by atoms with Crippen LogP contribution in [0.4, 0.5) is 0 Å². The normalized spacial score (nSPS) is 25.1. The van der Waals surface area contributed by atoms with Crippen molar-refractivity contribution < 1.29 is 0 Å². The van der Waals surface area contributed by atoms with E-state index >= 15 is 0 Å². The average Bonchev–Trinajstić information content (AvgIpc) is 2.81. The van der Waals surface area contributed by atoms with E-state index in [1.807, 2.05) is 11.8 Å². The molecular formula is C12H15IS. The largest absolute Gasteiger partial charge is 0.125 e. The van der Waals surface area contributed by atoms with Crippen molar-refractivity contribution in [3.63, 3.8) is 0 Å². The van der Waals surface area contributed by atoms with E-state index in [9.17, 15) is 0 Å². The number of hydrogen-bond acceptors (Lipinski definition) is 1. The van der Waals surface area contributed by atoms with Crippen LogP contribution in [-0.4, -0.2) is 9.68 Å². The molecule has 14 heavy (non-hydrogen) atoms. The second-order valence-corrected chi connectivity index (χ2v) is 6.67. The quantitative estimate of drug-likeness (QED) is 0.457. The van der Waals surface area contributed by atoms with Crippen LogP contribution < -0.4 is 0 Å². The van der Waals surface area contributed by atoms with Crippen molar-refractivity contribution in [3.05, 3.63) is 29.3 Å². The lowest BCUT2D eigenvalue weighted by molar-refractivity contribution is 1.01. The third kappa shape index (κ3) is 2.45. The van der Waals surface area contributed by atoms with Crippen molar-refractivity contribution in [2.24, 2.45) is 5.92 Å². The maximum absolute atomic E-state index is 2.56. The molecule has 76 valence electrons. The van der Waals surface area contributed by atoms with E-state index in [-0.39, 0.29) is 0 Å². The van der Waals surface area contributed by atoms with Gasteiger partial charge in [-0.05, 0) is 37.3 Å². The van der Waals surface area contributed by atoms with Gasteiger partial charge in [0.25, 0.3) is 0 Å². The first-order chi connectivity index (χ1) is 6.68. The van der Waals surface area contributed by atoms with E-state index in [0.717, 1.165) is 9.84 Å². The van der Waals surface area contributed by atoms with Gasteiger partial charge in [-0.25, -0.2) is 0 Å². The first-order valence-electron chi connectivity index (χ1n) is 5.01. The van der Waals surface area contributed by atoms with Gasteiger partial charge in [0, 0.05) is 14.6 Å². The highest BCUT2D eigenvalue weighted by Crippen LogP contribution is 2.42. The highest BCUT2D eigenvalue weighted by atomic mass is 127. The van der Waals surface area contributed by atoms with Crippen LogP contribution in [0, 0.1) is 19.8 Å². The Hall–Kier alpha value is 0.300. The van der Waals surface area contributed by atoms with E-state index in [4.69, 9.17) is 0 Å². The number of aryl methyl sites for hydroxylation is 2. The molecule has 0 bridgehead atoms. The zero-order chi connectivity index (χ0) is 10.1. The maximum Gasteiger partial charge on any atom is 0.0149 e. The lowest BCUT2D eigenvalue weighted by atomic mass is 10.2. The molecule has 0 aromatic heterocycles. The molecule has 0 spiro atoms. The fraction of sp³-hybridized carbons (Fsp3) is 0.500. The van der Waals surface area contributed by atoms with Gasteiger partial charge in [-0.1, -0.05) is 40.8 Å². The van der Waals surface area contributed by atoms with Crippen molar-refractivity contribution >= 4 is 34.4 Å². The Morgan fingerprint density at radius 1 is 1.36 bits per heavy atom. The highest BCUT2D eigenvalue weighted by molar-refractivity contribution is 14.1. The molecule has 0 radical (unpaired) electrons. The summed E-state index contributed by atoms with van der Waals surface area (Å²) in [5.74, 6) is 2.28. The second-order valence-electron chi connectivity index (χ2n) is 4.04. The molecule has 0 N–H and O–H groups in total. The fourth-order valence-corrected chi connectivity index (χ4v) is 4.19. The van der Waals surface area contributed by atoms with E-state index in [2.05, 4.69) is 54.6 Å². The van der Waals surface area contributed by atoms with Gasteiger partial charge in [-0.15, -0.1) is 11.8 Å². The molecule has 0 saturated heterocycles. The molecule has 0 nitrogen and oxygen atoms in total. The molecule has 1 aliphatic carbocycles. The van der Waals surface area contributed by atoms with Gasteiger partial charge in [0.2, 0.25) is 0 Å². The predicted octanol–water partition coefficient (Wildman–Crippen LogP) is 4.22. The summed E-state index contributed by atoms with van der Waals surface area (Å²) in [6, 6.07) is 6.57.